The zero-order valence-corrected chi connectivity index (χ0v) is 20.7. The maximum Gasteiger partial charge on any atom is 0.277 e. The van der Waals surface area contributed by atoms with Gasteiger partial charge in [0.15, 0.2) is 6.61 Å². The lowest BCUT2D eigenvalue weighted by atomic mass is 9.72. The molecular formula is C27H31N3O5. The first kappa shape index (κ1) is 25.7. The molecule has 0 aliphatic rings. The summed E-state index contributed by atoms with van der Waals surface area (Å²) < 4.78 is 11.2. The van der Waals surface area contributed by atoms with E-state index < -0.39 is 10.8 Å². The van der Waals surface area contributed by atoms with Crippen molar-refractivity contribution in [3.05, 3.63) is 82.1 Å². The average molecular weight is 478 g/mol. The van der Waals surface area contributed by atoms with Crippen molar-refractivity contribution in [2.45, 2.75) is 46.5 Å². The number of hydrogen-bond donors (Lipinski definition) is 1. The van der Waals surface area contributed by atoms with Gasteiger partial charge >= 0.3 is 0 Å². The molecule has 184 valence electrons. The number of nitro groups is 1. The van der Waals surface area contributed by atoms with E-state index in [1.807, 2.05) is 24.3 Å². The number of nitro benzene ring substituents is 1. The number of hydrogen-bond acceptors (Lipinski definition) is 6. The van der Waals surface area contributed by atoms with Crippen LogP contribution in [0.2, 0.25) is 0 Å². The third-order valence-corrected chi connectivity index (χ3v) is 5.35. The van der Waals surface area contributed by atoms with E-state index in [-0.39, 0.29) is 23.1 Å². The second-order valence-corrected chi connectivity index (χ2v) is 10.2. The normalized spacial score (nSPS) is 12.0. The molecule has 0 spiro atoms. The minimum absolute atomic E-state index is 0.00680. The summed E-state index contributed by atoms with van der Waals surface area (Å²) in [6.07, 6.45) is 2.42. The molecule has 0 saturated carbocycles. The van der Waals surface area contributed by atoms with Gasteiger partial charge < -0.3 is 9.15 Å². The number of carbonyl (C=O) groups is 1. The fourth-order valence-electron chi connectivity index (χ4n) is 4.10. The molecule has 0 atom stereocenters. The van der Waals surface area contributed by atoms with Gasteiger partial charge in [0.2, 0.25) is 0 Å². The van der Waals surface area contributed by atoms with Gasteiger partial charge in [-0.3, -0.25) is 14.9 Å². The van der Waals surface area contributed by atoms with E-state index in [2.05, 4.69) is 45.1 Å². The van der Waals surface area contributed by atoms with Gasteiger partial charge in [-0.2, -0.15) is 5.10 Å². The monoisotopic (exact) mass is 477 g/mol. The van der Waals surface area contributed by atoms with Gasteiger partial charge in [0.25, 0.3) is 11.6 Å². The first-order valence-electron chi connectivity index (χ1n) is 11.3. The van der Waals surface area contributed by atoms with Gasteiger partial charge in [-0.1, -0.05) is 46.8 Å². The van der Waals surface area contributed by atoms with Crippen LogP contribution in [0.4, 0.5) is 5.69 Å². The van der Waals surface area contributed by atoms with E-state index in [9.17, 15) is 14.9 Å². The zero-order valence-electron chi connectivity index (χ0n) is 20.7. The first-order valence-corrected chi connectivity index (χ1v) is 11.3. The van der Waals surface area contributed by atoms with Crippen LogP contribution in [0.3, 0.4) is 0 Å². The van der Waals surface area contributed by atoms with Crippen LogP contribution in [0, 0.1) is 15.5 Å². The Balaban J connectivity index is 1.48. The molecule has 8 nitrogen and oxygen atoms in total. The van der Waals surface area contributed by atoms with Gasteiger partial charge in [0.05, 0.1) is 11.1 Å². The summed E-state index contributed by atoms with van der Waals surface area (Å²) >= 11 is 0. The molecule has 1 amide bonds. The quantitative estimate of drug-likeness (QED) is 0.228. The Morgan fingerprint density at radius 3 is 2.29 bits per heavy atom. The molecule has 0 saturated heterocycles. The summed E-state index contributed by atoms with van der Waals surface area (Å²) in [5.74, 6) is 1.16. The summed E-state index contributed by atoms with van der Waals surface area (Å²) in [6.45, 7) is 11.0. The molecule has 2 aromatic carbocycles. The molecule has 35 heavy (non-hydrogen) atoms. The molecule has 0 aliphatic carbocycles. The number of nitrogens with one attached hydrogen (secondary N) is 1. The molecule has 8 heteroatoms. The van der Waals surface area contributed by atoms with Crippen molar-refractivity contribution >= 4 is 17.8 Å². The summed E-state index contributed by atoms with van der Waals surface area (Å²) in [5.41, 5.74) is 4.58. The smallest absolute Gasteiger partial charge is 0.277 e. The zero-order chi connectivity index (χ0) is 25.6. The Labute approximate surface area is 205 Å². The average Bonchev–Trinajstić information content (AvgIpc) is 3.25. The lowest BCUT2D eigenvalue weighted by Crippen LogP contribution is -2.25. The minimum atomic E-state index is -0.458. The number of furan rings is 1. The van der Waals surface area contributed by atoms with Gasteiger partial charge in [-0.25, -0.2) is 5.43 Å². The first-order chi connectivity index (χ1) is 16.4. The lowest BCUT2D eigenvalue weighted by Gasteiger charge is -2.33. The highest BCUT2D eigenvalue weighted by molar-refractivity contribution is 5.81. The lowest BCUT2D eigenvalue weighted by molar-refractivity contribution is -0.384. The fraction of sp³-hybridized carbons (Fsp3) is 0.333. The molecule has 0 radical (unpaired) electrons. The van der Waals surface area contributed by atoms with E-state index in [1.165, 1.54) is 23.9 Å². The molecule has 0 aliphatic heterocycles. The van der Waals surface area contributed by atoms with Crippen molar-refractivity contribution in [2.24, 2.45) is 10.5 Å². The summed E-state index contributed by atoms with van der Waals surface area (Å²) in [6, 6.07) is 17.3. The molecule has 3 aromatic rings. The maximum atomic E-state index is 12.1. The number of nitrogens with zero attached hydrogens (tertiary/aromatic N) is 2. The van der Waals surface area contributed by atoms with Gasteiger partial charge in [-0.05, 0) is 59.2 Å². The Hall–Kier alpha value is -3.94. The van der Waals surface area contributed by atoms with Crippen LogP contribution in [-0.4, -0.2) is 23.7 Å². The topological polar surface area (TPSA) is 107 Å². The minimum Gasteiger partial charge on any atom is -0.484 e. The van der Waals surface area contributed by atoms with Crippen LogP contribution in [0.5, 0.6) is 5.75 Å². The van der Waals surface area contributed by atoms with E-state index in [0.29, 0.717) is 22.8 Å². The van der Waals surface area contributed by atoms with Crippen molar-refractivity contribution in [3.8, 4) is 17.1 Å². The molecule has 1 heterocycles. The number of hydrazone groups is 1. The van der Waals surface area contributed by atoms with Crippen molar-refractivity contribution in [3.63, 3.8) is 0 Å². The van der Waals surface area contributed by atoms with Crippen molar-refractivity contribution in [1.82, 2.24) is 5.43 Å². The Morgan fingerprint density at radius 1 is 1.03 bits per heavy atom. The summed E-state index contributed by atoms with van der Waals surface area (Å²) in [7, 11) is 0. The molecule has 0 bridgehead atoms. The molecule has 1 N–H and O–H groups in total. The second-order valence-electron chi connectivity index (χ2n) is 10.2. The highest BCUT2D eigenvalue weighted by Crippen LogP contribution is 2.36. The molecule has 0 unspecified atom stereocenters. The highest BCUT2D eigenvalue weighted by Gasteiger charge is 2.27. The number of benzene rings is 2. The third kappa shape index (κ3) is 7.53. The van der Waals surface area contributed by atoms with Crippen LogP contribution < -0.4 is 10.2 Å². The fourth-order valence-corrected chi connectivity index (χ4v) is 4.10. The van der Waals surface area contributed by atoms with Crippen molar-refractivity contribution in [1.29, 1.82) is 0 Å². The van der Waals surface area contributed by atoms with Crippen LogP contribution >= 0.6 is 0 Å². The van der Waals surface area contributed by atoms with Crippen LogP contribution in [0.1, 0.15) is 52.4 Å². The predicted octanol–water partition coefficient (Wildman–Crippen LogP) is 6.10. The summed E-state index contributed by atoms with van der Waals surface area (Å²) in [4.78, 5) is 22.4. The predicted molar refractivity (Wildman–Crippen MR) is 136 cm³/mol. The molecule has 3 rings (SSSR count). The number of amides is 1. The number of ether oxygens (including phenoxy) is 1. The Morgan fingerprint density at radius 2 is 1.69 bits per heavy atom. The van der Waals surface area contributed by atoms with Crippen molar-refractivity contribution in [2.75, 3.05) is 6.61 Å². The third-order valence-electron chi connectivity index (χ3n) is 5.35. The van der Waals surface area contributed by atoms with E-state index in [4.69, 9.17) is 9.15 Å². The summed E-state index contributed by atoms with van der Waals surface area (Å²) in [5, 5.41) is 14.7. The number of carbonyl (C=O) groups excluding carboxylic acids is 1. The van der Waals surface area contributed by atoms with E-state index in [0.717, 1.165) is 6.42 Å². The maximum absolute atomic E-state index is 12.1. The Bertz CT molecular complexity index is 1190. The Kier molecular flexibility index (Phi) is 7.74. The number of non-ortho nitro benzene ring substituents is 1. The van der Waals surface area contributed by atoms with Gasteiger partial charge in [-0.15, -0.1) is 0 Å². The second kappa shape index (κ2) is 10.5. The van der Waals surface area contributed by atoms with Crippen molar-refractivity contribution < 1.29 is 18.9 Å². The molecule has 1 aromatic heterocycles. The standard InChI is InChI=1S/C27H31N3O5/c1-26(2,3)18-27(4,5)20-8-12-22(13-9-20)34-17-25(31)29-28-16-23-14-15-24(35-23)19-6-10-21(11-7-19)30(32)33/h6-16H,17-18H2,1-5H3,(H,29,31)/b28-16+. The van der Waals surface area contributed by atoms with Crippen LogP contribution in [-0.2, 0) is 10.2 Å². The van der Waals surface area contributed by atoms with Crippen LogP contribution in [0.25, 0.3) is 11.3 Å². The molecular weight excluding hydrogens is 446 g/mol. The largest absolute Gasteiger partial charge is 0.484 e. The van der Waals surface area contributed by atoms with Gasteiger partial charge in [0.1, 0.15) is 17.3 Å². The van der Waals surface area contributed by atoms with E-state index in [1.54, 1.807) is 24.3 Å². The SMILES string of the molecule is CC(C)(C)CC(C)(C)c1ccc(OCC(=O)N/N=C/c2ccc(-c3ccc([N+](=O)[O-])cc3)o2)cc1. The highest BCUT2D eigenvalue weighted by atomic mass is 16.6. The van der Waals surface area contributed by atoms with E-state index >= 15 is 0 Å². The van der Waals surface area contributed by atoms with Crippen LogP contribution in [0.15, 0.2) is 70.2 Å². The number of rotatable bonds is 9. The molecule has 0 fully saturated rings. The van der Waals surface area contributed by atoms with Gasteiger partial charge in [0, 0.05) is 17.7 Å².